The van der Waals surface area contributed by atoms with Gasteiger partial charge in [-0.25, -0.2) is 14.5 Å². The summed E-state index contributed by atoms with van der Waals surface area (Å²) in [5.74, 6) is 0.110. The fraction of sp³-hybridized carbons (Fsp3) is 0.0500. The first-order valence-electron chi connectivity index (χ1n) is 8.61. The summed E-state index contributed by atoms with van der Waals surface area (Å²) in [5, 5.41) is 3.88. The molecule has 0 unspecified atom stereocenters. The van der Waals surface area contributed by atoms with Crippen molar-refractivity contribution in [2.75, 3.05) is 0 Å². The minimum Gasteiger partial charge on any atom is -0.348 e. The maximum absolute atomic E-state index is 12.9. The van der Waals surface area contributed by atoms with Crippen LogP contribution in [-0.4, -0.2) is 25.4 Å². The lowest BCUT2D eigenvalue weighted by molar-refractivity contribution is 0.0951. The lowest BCUT2D eigenvalue weighted by Crippen LogP contribution is -2.24. The number of nitrogens with one attached hydrogen (secondary N) is 2. The Bertz CT molecular complexity index is 1320. The Morgan fingerprint density at radius 1 is 1.17 bits per heavy atom. The molecule has 7 nitrogen and oxygen atoms in total. The number of carbonyl (C=O) groups is 1. The van der Waals surface area contributed by atoms with Gasteiger partial charge in [-0.1, -0.05) is 23.7 Å². The van der Waals surface area contributed by atoms with Gasteiger partial charge in [-0.3, -0.25) is 9.59 Å². The van der Waals surface area contributed by atoms with Crippen LogP contribution in [0.5, 0.6) is 0 Å². The summed E-state index contributed by atoms with van der Waals surface area (Å²) in [6.07, 6.45) is 2.87. The molecule has 0 saturated heterocycles. The van der Waals surface area contributed by atoms with Crippen LogP contribution in [0.3, 0.4) is 0 Å². The van der Waals surface area contributed by atoms with Crippen LogP contribution >= 0.6 is 23.8 Å². The van der Waals surface area contributed by atoms with Crippen molar-refractivity contribution in [2.45, 2.75) is 6.54 Å². The Balaban J connectivity index is 1.64. The first-order chi connectivity index (χ1) is 14.0. The maximum Gasteiger partial charge on any atom is 0.267 e. The summed E-state index contributed by atoms with van der Waals surface area (Å²) in [6, 6.07) is 13.6. The molecule has 2 heterocycles. The van der Waals surface area contributed by atoms with Crippen LogP contribution in [0, 0.1) is 4.77 Å². The van der Waals surface area contributed by atoms with Crippen LogP contribution in [0.25, 0.3) is 16.7 Å². The van der Waals surface area contributed by atoms with Gasteiger partial charge < -0.3 is 10.3 Å². The number of rotatable bonds is 4. The van der Waals surface area contributed by atoms with Crippen molar-refractivity contribution in [3.05, 3.63) is 92.3 Å². The molecule has 4 aromatic rings. The number of fused-ring (bicyclic) bond motifs is 1. The minimum atomic E-state index is -0.324. The molecule has 4 rings (SSSR count). The van der Waals surface area contributed by atoms with E-state index in [-0.39, 0.29) is 16.2 Å². The molecule has 0 aliphatic rings. The van der Waals surface area contributed by atoms with Crippen molar-refractivity contribution in [3.8, 4) is 5.82 Å². The molecule has 0 saturated carbocycles. The molecule has 29 heavy (non-hydrogen) atoms. The molecule has 1 amide bonds. The number of aromatic nitrogens is 4. The lowest BCUT2D eigenvalue weighted by atomic mass is 10.1. The number of halogens is 1. The number of aromatic amines is 1. The second kappa shape index (κ2) is 7.94. The van der Waals surface area contributed by atoms with E-state index >= 15 is 0 Å². The molecule has 0 bridgehead atoms. The normalized spacial score (nSPS) is 10.8. The average Bonchev–Trinajstić information content (AvgIpc) is 2.73. The van der Waals surface area contributed by atoms with Gasteiger partial charge in [-0.05, 0) is 54.2 Å². The third kappa shape index (κ3) is 3.94. The van der Waals surface area contributed by atoms with Gasteiger partial charge in [0, 0.05) is 23.3 Å². The third-order valence-corrected chi connectivity index (χ3v) is 4.86. The van der Waals surface area contributed by atoms with Crippen LogP contribution in [-0.2, 0) is 6.54 Å². The molecule has 0 atom stereocenters. The molecule has 0 fully saturated rings. The summed E-state index contributed by atoms with van der Waals surface area (Å²) in [6.45, 7) is 0.360. The smallest absolute Gasteiger partial charge is 0.267 e. The summed E-state index contributed by atoms with van der Waals surface area (Å²) in [7, 11) is 0. The van der Waals surface area contributed by atoms with Crippen LogP contribution < -0.4 is 10.9 Å². The summed E-state index contributed by atoms with van der Waals surface area (Å²) >= 11 is 11.2. The van der Waals surface area contributed by atoms with Crippen molar-refractivity contribution >= 4 is 40.6 Å². The van der Waals surface area contributed by atoms with E-state index in [1.54, 1.807) is 36.4 Å². The molecule has 2 aromatic carbocycles. The average molecular weight is 424 g/mol. The summed E-state index contributed by atoms with van der Waals surface area (Å²) < 4.78 is 1.47. The van der Waals surface area contributed by atoms with Gasteiger partial charge in [0.25, 0.3) is 11.5 Å². The summed E-state index contributed by atoms with van der Waals surface area (Å²) in [4.78, 5) is 36.3. The van der Waals surface area contributed by atoms with Crippen LogP contribution in [0.4, 0.5) is 0 Å². The van der Waals surface area contributed by atoms with E-state index in [4.69, 9.17) is 23.8 Å². The fourth-order valence-electron chi connectivity index (χ4n) is 2.87. The monoisotopic (exact) mass is 423 g/mol. The fourth-order valence-corrected chi connectivity index (χ4v) is 3.28. The zero-order chi connectivity index (χ0) is 20.4. The SMILES string of the molecule is O=C(NCc1ccc(Cl)cc1)c1ccc2c(=O)n(-c3ccncn3)c(=S)[nH]c2c1. The maximum atomic E-state index is 12.9. The molecule has 0 aliphatic heterocycles. The quantitative estimate of drug-likeness (QED) is 0.490. The first-order valence-corrected chi connectivity index (χ1v) is 9.40. The predicted octanol–water partition coefficient (Wildman–Crippen LogP) is 3.42. The van der Waals surface area contributed by atoms with E-state index in [0.29, 0.717) is 33.9 Å². The van der Waals surface area contributed by atoms with E-state index < -0.39 is 0 Å². The number of nitrogens with zero attached hydrogens (tertiary/aromatic N) is 3. The zero-order valence-corrected chi connectivity index (χ0v) is 16.5. The van der Waals surface area contributed by atoms with Crippen molar-refractivity contribution in [2.24, 2.45) is 0 Å². The number of hydrogen-bond donors (Lipinski definition) is 2. The Morgan fingerprint density at radius 2 is 1.97 bits per heavy atom. The number of amides is 1. The molecule has 0 radical (unpaired) electrons. The molecular formula is C20H14ClN5O2S. The highest BCUT2D eigenvalue weighted by Crippen LogP contribution is 2.13. The molecule has 0 aliphatic carbocycles. The van der Waals surface area contributed by atoms with Crippen LogP contribution in [0.1, 0.15) is 15.9 Å². The van der Waals surface area contributed by atoms with E-state index in [2.05, 4.69) is 20.3 Å². The zero-order valence-electron chi connectivity index (χ0n) is 14.9. The largest absolute Gasteiger partial charge is 0.348 e. The molecule has 144 valence electrons. The van der Waals surface area contributed by atoms with Crippen molar-refractivity contribution in [1.29, 1.82) is 0 Å². The second-order valence-electron chi connectivity index (χ2n) is 6.21. The standard InChI is InChI=1S/C20H14ClN5O2S/c21-14-4-1-12(2-5-14)10-23-18(27)13-3-6-15-16(9-13)25-20(29)26(19(15)28)17-7-8-22-11-24-17/h1-9,11H,10H2,(H,23,27)(H,25,29). The number of hydrogen-bond acceptors (Lipinski definition) is 5. The molecule has 9 heteroatoms. The number of benzene rings is 2. The van der Waals surface area contributed by atoms with Crippen molar-refractivity contribution in [1.82, 2.24) is 24.8 Å². The lowest BCUT2D eigenvalue weighted by Gasteiger charge is -2.09. The Morgan fingerprint density at radius 3 is 2.69 bits per heavy atom. The highest BCUT2D eigenvalue weighted by atomic mass is 35.5. The third-order valence-electron chi connectivity index (χ3n) is 4.32. The second-order valence-corrected chi connectivity index (χ2v) is 7.03. The molecule has 2 aromatic heterocycles. The Kier molecular flexibility index (Phi) is 5.20. The van der Waals surface area contributed by atoms with Gasteiger partial charge in [0.1, 0.15) is 12.1 Å². The van der Waals surface area contributed by atoms with Gasteiger partial charge in [0.15, 0.2) is 4.77 Å². The highest BCUT2D eigenvalue weighted by Gasteiger charge is 2.12. The van der Waals surface area contributed by atoms with Crippen molar-refractivity contribution < 1.29 is 4.79 Å². The first kappa shape index (κ1) is 19.0. The summed E-state index contributed by atoms with van der Waals surface area (Å²) in [5.41, 5.74) is 1.49. The van der Waals surface area contributed by atoms with Gasteiger partial charge in [-0.15, -0.1) is 0 Å². The highest BCUT2D eigenvalue weighted by molar-refractivity contribution is 7.71. The molecular weight excluding hydrogens is 410 g/mol. The van der Waals surface area contributed by atoms with Gasteiger partial charge in [-0.2, -0.15) is 0 Å². The van der Waals surface area contributed by atoms with E-state index in [1.165, 1.54) is 17.1 Å². The van der Waals surface area contributed by atoms with Gasteiger partial charge >= 0.3 is 0 Å². The predicted molar refractivity (Wildman–Crippen MR) is 113 cm³/mol. The number of carbonyl (C=O) groups excluding carboxylic acids is 1. The Hall–Kier alpha value is -3.36. The van der Waals surface area contributed by atoms with Gasteiger partial charge in [0.05, 0.1) is 10.9 Å². The van der Waals surface area contributed by atoms with Crippen molar-refractivity contribution in [3.63, 3.8) is 0 Å². The minimum absolute atomic E-state index is 0.180. The van der Waals surface area contributed by atoms with E-state index in [0.717, 1.165) is 5.56 Å². The van der Waals surface area contributed by atoms with Crippen LogP contribution in [0.15, 0.2) is 65.8 Å². The van der Waals surface area contributed by atoms with Crippen LogP contribution in [0.2, 0.25) is 5.02 Å². The van der Waals surface area contributed by atoms with E-state index in [1.807, 2.05) is 12.1 Å². The topological polar surface area (TPSA) is 92.7 Å². The van der Waals surface area contributed by atoms with Gasteiger partial charge in [0.2, 0.25) is 0 Å². The number of H-pyrrole nitrogens is 1. The Labute approximate surface area is 175 Å². The van der Waals surface area contributed by atoms with E-state index in [9.17, 15) is 9.59 Å². The molecule has 2 N–H and O–H groups in total. The molecule has 0 spiro atoms.